The Morgan fingerprint density at radius 1 is 1.33 bits per heavy atom. The number of aromatic nitrogens is 4. The Morgan fingerprint density at radius 3 is 3.04 bits per heavy atom. The normalized spacial score (nSPS) is 34.5. The molecule has 0 aliphatic carbocycles. The Balaban J connectivity index is 1.48. The van der Waals surface area contributed by atoms with Gasteiger partial charge >= 0.3 is 0 Å². The molecule has 3 aliphatic heterocycles. The summed E-state index contributed by atoms with van der Waals surface area (Å²) in [6.07, 6.45) is 0.112. The second-order valence-electron chi connectivity index (χ2n) is 6.91. The van der Waals surface area contributed by atoms with Crippen LogP contribution in [-0.2, 0) is 4.74 Å². The third-order valence-electron chi connectivity index (χ3n) is 5.65. The molecule has 3 aliphatic rings. The molecule has 0 amide bonds. The van der Waals surface area contributed by atoms with Gasteiger partial charge in [0.15, 0.2) is 0 Å². The van der Waals surface area contributed by atoms with Crippen molar-refractivity contribution in [1.82, 2.24) is 25.5 Å². The van der Waals surface area contributed by atoms with Crippen molar-refractivity contribution in [3.05, 3.63) is 30.3 Å². The fraction of sp³-hybridized carbons (Fsp3) is 0.562. The molecule has 8 heteroatoms. The van der Waals surface area contributed by atoms with Gasteiger partial charge < -0.3 is 20.1 Å². The van der Waals surface area contributed by atoms with Crippen LogP contribution < -0.4 is 10.2 Å². The monoisotopic (exact) mass is 328 g/mol. The molecule has 8 nitrogen and oxygen atoms in total. The lowest BCUT2D eigenvalue weighted by Crippen LogP contribution is -2.52. The fourth-order valence-corrected chi connectivity index (χ4v) is 4.57. The summed E-state index contributed by atoms with van der Waals surface area (Å²) >= 11 is 0. The number of aliphatic hydroxyl groups is 1. The third kappa shape index (κ3) is 1.93. The van der Waals surface area contributed by atoms with Crippen LogP contribution in [0.5, 0.6) is 0 Å². The molecule has 0 radical (unpaired) electrons. The highest BCUT2D eigenvalue weighted by Gasteiger charge is 2.61. The number of rotatable bonds is 3. The smallest absolute Gasteiger partial charge is 0.250 e. The van der Waals surface area contributed by atoms with Crippen molar-refractivity contribution in [1.29, 1.82) is 0 Å². The van der Waals surface area contributed by atoms with E-state index in [0.29, 0.717) is 5.92 Å². The number of hydrogen-bond donors (Lipinski definition) is 2. The molecule has 1 spiro atoms. The van der Waals surface area contributed by atoms with Gasteiger partial charge in [-0.05, 0) is 22.6 Å². The van der Waals surface area contributed by atoms with Gasteiger partial charge in [-0.1, -0.05) is 23.3 Å². The van der Waals surface area contributed by atoms with Crippen LogP contribution in [0, 0.1) is 11.8 Å². The number of hydrogen-bond acceptors (Lipinski definition) is 7. The van der Waals surface area contributed by atoms with E-state index in [2.05, 4.69) is 25.7 Å². The lowest BCUT2D eigenvalue weighted by molar-refractivity contribution is -0.0654. The molecule has 5 rings (SSSR count). The van der Waals surface area contributed by atoms with Crippen LogP contribution in [-0.4, -0.2) is 69.8 Å². The van der Waals surface area contributed by atoms with Crippen molar-refractivity contribution in [2.45, 2.75) is 11.7 Å². The Kier molecular flexibility index (Phi) is 3.12. The third-order valence-corrected chi connectivity index (χ3v) is 5.65. The van der Waals surface area contributed by atoms with Crippen LogP contribution in [0.25, 0.3) is 5.69 Å². The van der Waals surface area contributed by atoms with Crippen molar-refractivity contribution in [2.24, 2.45) is 11.8 Å². The number of fused-ring (bicyclic) bond motifs is 1. The van der Waals surface area contributed by atoms with Crippen molar-refractivity contribution in [3.63, 3.8) is 0 Å². The van der Waals surface area contributed by atoms with Gasteiger partial charge in [0, 0.05) is 38.1 Å². The second-order valence-corrected chi connectivity index (χ2v) is 6.91. The van der Waals surface area contributed by atoms with Gasteiger partial charge in [0.1, 0.15) is 5.60 Å². The van der Waals surface area contributed by atoms with Crippen LogP contribution >= 0.6 is 0 Å². The maximum absolute atomic E-state index is 9.83. The standard InChI is InChI=1S/C16H20N6O2/c23-8-12-13-7-21(10-16(13)9-17-6-14(12)24-16)15-18-19-20-22(15)11-4-2-1-3-5-11/h1-5,12-14,17,23H,6-10H2/t12-,13+,14+,16+/m0/s1. The molecule has 3 saturated heterocycles. The van der Waals surface area contributed by atoms with Crippen molar-refractivity contribution in [3.8, 4) is 5.69 Å². The fourth-order valence-electron chi connectivity index (χ4n) is 4.57. The van der Waals surface area contributed by atoms with Gasteiger partial charge in [-0.3, -0.25) is 0 Å². The minimum atomic E-state index is -0.246. The summed E-state index contributed by atoms with van der Waals surface area (Å²) in [5.74, 6) is 1.20. The van der Waals surface area contributed by atoms with Crippen LogP contribution in [0.15, 0.2) is 30.3 Å². The first-order chi connectivity index (χ1) is 11.8. The summed E-state index contributed by atoms with van der Waals surface area (Å²) in [7, 11) is 0. The van der Waals surface area contributed by atoms with E-state index in [4.69, 9.17) is 4.74 Å². The number of anilines is 1. The molecule has 4 heterocycles. The highest BCUT2D eigenvalue weighted by Crippen LogP contribution is 2.47. The molecular weight excluding hydrogens is 308 g/mol. The van der Waals surface area contributed by atoms with E-state index in [1.165, 1.54) is 0 Å². The Labute approximate surface area is 139 Å². The summed E-state index contributed by atoms with van der Waals surface area (Å²) in [6, 6.07) is 9.89. The molecule has 1 aromatic heterocycles. The van der Waals surface area contributed by atoms with E-state index in [9.17, 15) is 5.11 Å². The van der Waals surface area contributed by atoms with E-state index in [1.807, 2.05) is 30.3 Å². The first-order valence-corrected chi connectivity index (χ1v) is 8.39. The zero-order chi connectivity index (χ0) is 16.1. The molecule has 126 valence electrons. The van der Waals surface area contributed by atoms with Crippen LogP contribution in [0.3, 0.4) is 0 Å². The van der Waals surface area contributed by atoms with Crippen LogP contribution in [0.2, 0.25) is 0 Å². The maximum Gasteiger partial charge on any atom is 0.250 e. The highest BCUT2D eigenvalue weighted by molar-refractivity contribution is 5.43. The number of morpholine rings is 1. The largest absolute Gasteiger partial charge is 0.396 e. The minimum absolute atomic E-state index is 0.112. The number of benzene rings is 1. The molecule has 4 atom stereocenters. The molecule has 0 saturated carbocycles. The molecule has 1 aromatic carbocycles. The molecular formula is C16H20N6O2. The van der Waals surface area contributed by atoms with Gasteiger partial charge in [-0.2, -0.15) is 4.68 Å². The highest BCUT2D eigenvalue weighted by atomic mass is 16.5. The molecule has 2 aromatic rings. The number of tetrazole rings is 1. The molecule has 24 heavy (non-hydrogen) atoms. The second kappa shape index (κ2) is 5.23. The minimum Gasteiger partial charge on any atom is -0.396 e. The zero-order valence-electron chi connectivity index (χ0n) is 13.2. The number of para-hydroxylation sites is 1. The number of ether oxygens (including phenoxy) is 1. The Hall–Kier alpha value is -2.03. The summed E-state index contributed by atoms with van der Waals surface area (Å²) in [5, 5.41) is 25.6. The van der Waals surface area contributed by atoms with Crippen LogP contribution in [0.4, 0.5) is 5.95 Å². The maximum atomic E-state index is 9.83. The van der Waals surface area contributed by atoms with Gasteiger partial charge in [0.05, 0.1) is 18.3 Å². The van der Waals surface area contributed by atoms with E-state index in [1.54, 1.807) is 4.68 Å². The quantitative estimate of drug-likeness (QED) is 0.781. The molecule has 2 bridgehead atoms. The summed E-state index contributed by atoms with van der Waals surface area (Å²) in [6.45, 7) is 3.34. The van der Waals surface area contributed by atoms with Gasteiger partial charge in [0.2, 0.25) is 5.95 Å². The SMILES string of the molecule is OC[C@H]1[C@H]2CN(c3nnnn3-c3ccccc3)C[C@]23CNC[C@H]1O3. The van der Waals surface area contributed by atoms with Crippen LogP contribution in [0.1, 0.15) is 0 Å². The first-order valence-electron chi connectivity index (χ1n) is 8.39. The first kappa shape index (κ1) is 14.3. The Bertz CT molecular complexity index is 737. The number of nitrogens with zero attached hydrogens (tertiary/aromatic N) is 5. The number of nitrogens with one attached hydrogen (secondary N) is 1. The number of aliphatic hydroxyl groups excluding tert-OH is 1. The summed E-state index contributed by atoms with van der Waals surface area (Å²) in [5.41, 5.74) is 0.690. The van der Waals surface area contributed by atoms with E-state index in [-0.39, 0.29) is 24.2 Å². The average molecular weight is 328 g/mol. The van der Waals surface area contributed by atoms with Crippen molar-refractivity contribution < 1.29 is 9.84 Å². The molecule has 0 unspecified atom stereocenters. The summed E-state index contributed by atoms with van der Waals surface area (Å²) < 4.78 is 8.11. The predicted octanol–water partition coefficient (Wildman–Crippen LogP) is -0.552. The summed E-state index contributed by atoms with van der Waals surface area (Å²) in [4.78, 5) is 2.18. The van der Waals surface area contributed by atoms with E-state index < -0.39 is 0 Å². The van der Waals surface area contributed by atoms with E-state index in [0.717, 1.165) is 37.8 Å². The topological polar surface area (TPSA) is 88.3 Å². The lowest BCUT2D eigenvalue weighted by atomic mass is 9.83. The zero-order valence-corrected chi connectivity index (χ0v) is 13.2. The van der Waals surface area contributed by atoms with Gasteiger partial charge in [-0.25, -0.2) is 0 Å². The average Bonchev–Trinajstić information content (AvgIpc) is 3.27. The van der Waals surface area contributed by atoms with Gasteiger partial charge in [0.25, 0.3) is 0 Å². The Morgan fingerprint density at radius 2 is 2.21 bits per heavy atom. The van der Waals surface area contributed by atoms with Crippen molar-refractivity contribution >= 4 is 5.95 Å². The van der Waals surface area contributed by atoms with Gasteiger partial charge in [-0.15, -0.1) is 0 Å². The van der Waals surface area contributed by atoms with Crippen molar-refractivity contribution in [2.75, 3.05) is 37.7 Å². The predicted molar refractivity (Wildman–Crippen MR) is 85.9 cm³/mol. The molecule has 2 N–H and O–H groups in total. The molecule has 3 fully saturated rings. The van der Waals surface area contributed by atoms with E-state index >= 15 is 0 Å². The lowest BCUT2D eigenvalue weighted by Gasteiger charge is -2.33.